The van der Waals surface area contributed by atoms with Gasteiger partial charge in [0.1, 0.15) is 5.69 Å². The lowest BCUT2D eigenvalue weighted by Crippen LogP contribution is -2.87. The minimum absolute atomic E-state index is 0.404. The molecule has 0 spiro atoms. The van der Waals surface area contributed by atoms with Gasteiger partial charge >= 0.3 is 7.25 Å². The van der Waals surface area contributed by atoms with Crippen molar-refractivity contribution in [1.82, 2.24) is 0 Å². The average molecular weight is 294 g/mol. The van der Waals surface area contributed by atoms with Gasteiger partial charge in [0, 0.05) is 17.4 Å². The zero-order valence-corrected chi connectivity index (χ0v) is 10.7. The number of halogens is 4. The molecule has 2 rings (SSSR count). The highest BCUT2D eigenvalue weighted by Gasteiger charge is 2.40. The summed E-state index contributed by atoms with van der Waals surface area (Å²) in [5.74, 6) is 0. The van der Waals surface area contributed by atoms with Gasteiger partial charge in [0.15, 0.2) is 0 Å². The number of nitrogens with zero attached hydrogens (tertiary/aromatic N) is 3. The second-order valence-electron chi connectivity index (χ2n) is 3.67. The molecule has 0 bridgehead atoms. The van der Waals surface area contributed by atoms with Crippen molar-refractivity contribution in [2.45, 2.75) is 23.2 Å². The van der Waals surface area contributed by atoms with Crippen LogP contribution in [0, 0.1) is 0 Å². The number of quaternary nitrogens is 1. The van der Waals surface area contributed by atoms with E-state index in [9.17, 15) is 17.3 Å². The minimum Gasteiger partial charge on any atom is -0.418 e. The fourth-order valence-electron chi connectivity index (χ4n) is 1.53. The second kappa shape index (κ2) is 6.18. The molecule has 104 valence electrons. The van der Waals surface area contributed by atoms with Crippen LogP contribution in [0.2, 0.25) is 0 Å². The Morgan fingerprint density at radius 2 is 1.95 bits per heavy atom. The average Bonchev–Trinajstić information content (AvgIpc) is 2.66. The second-order valence-corrected chi connectivity index (χ2v) is 5.02. The Labute approximate surface area is 111 Å². The van der Waals surface area contributed by atoms with Crippen molar-refractivity contribution < 1.29 is 22.6 Å². The first-order chi connectivity index (χ1) is 8.79. The van der Waals surface area contributed by atoms with Gasteiger partial charge in [-0.1, -0.05) is 19.1 Å². The van der Waals surface area contributed by atoms with Crippen LogP contribution in [-0.4, -0.2) is 12.2 Å². The molecule has 0 fully saturated rings. The molecular weight excluding hydrogens is 283 g/mol. The Balaban J connectivity index is 0.000000312. The fraction of sp³-hybridized carbons (Fsp3) is 0.333. The van der Waals surface area contributed by atoms with Crippen LogP contribution in [0.4, 0.5) is 23.0 Å². The van der Waals surface area contributed by atoms with Crippen LogP contribution in [0.5, 0.6) is 0 Å². The lowest BCUT2D eigenvalue weighted by Gasteiger charge is -2.15. The summed E-state index contributed by atoms with van der Waals surface area (Å²) >= 11 is 1.63. The molecule has 0 saturated heterocycles. The molecule has 1 unspecified atom stereocenters. The van der Waals surface area contributed by atoms with Crippen LogP contribution in [0.15, 0.2) is 34.3 Å². The Bertz CT molecular complexity index is 458. The van der Waals surface area contributed by atoms with E-state index in [-0.39, 0.29) is 0 Å². The third kappa shape index (κ3) is 5.02. The molecule has 0 amide bonds. The highest BCUT2D eigenvalue weighted by atomic mass is 32.2. The van der Waals surface area contributed by atoms with Gasteiger partial charge in [0.2, 0.25) is 4.99 Å². The summed E-state index contributed by atoms with van der Waals surface area (Å²) in [5.41, 5.74) is 9.70. The quantitative estimate of drug-likeness (QED) is 0.222. The van der Waals surface area contributed by atoms with Crippen molar-refractivity contribution in [1.29, 1.82) is 0 Å². The first-order valence-corrected chi connectivity index (χ1v) is 6.19. The molecule has 19 heavy (non-hydrogen) atoms. The van der Waals surface area contributed by atoms with Gasteiger partial charge in [-0.3, -0.25) is 5.32 Å². The zero-order valence-electron chi connectivity index (χ0n) is 9.93. The molecule has 4 nitrogen and oxygen atoms in total. The maximum absolute atomic E-state index is 9.75. The number of nitrogens with two attached hydrogens (primary N) is 1. The van der Waals surface area contributed by atoms with E-state index in [2.05, 4.69) is 16.1 Å². The van der Waals surface area contributed by atoms with E-state index in [1.165, 1.54) is 10.6 Å². The predicted molar refractivity (Wildman–Crippen MR) is 66.2 cm³/mol. The summed E-state index contributed by atoms with van der Waals surface area (Å²) in [6, 6.07) is 8.10. The van der Waals surface area contributed by atoms with Gasteiger partial charge in [-0.25, -0.2) is 0 Å². The molecule has 2 N–H and O–H groups in total. The molecule has 1 aliphatic rings. The summed E-state index contributed by atoms with van der Waals surface area (Å²) in [4.78, 5) is 3.71. The largest absolute Gasteiger partial charge is 0.673 e. The van der Waals surface area contributed by atoms with Crippen LogP contribution < -0.4 is 5.32 Å². The molecule has 10 heteroatoms. The molecule has 1 atom stereocenters. The normalized spacial score (nSPS) is 20.9. The smallest absolute Gasteiger partial charge is 0.418 e. The third-order valence-corrected chi connectivity index (χ3v) is 3.74. The topological polar surface area (TPSA) is 65.4 Å². The molecule has 1 heterocycles. The van der Waals surface area contributed by atoms with E-state index in [1.807, 2.05) is 30.4 Å². The molecule has 1 aromatic carbocycles. The monoisotopic (exact) mass is 294 g/mol. The van der Waals surface area contributed by atoms with Crippen LogP contribution >= 0.6 is 11.8 Å². The molecular formula is C9H11BF4N4S. The Morgan fingerprint density at radius 1 is 1.37 bits per heavy atom. The maximum Gasteiger partial charge on any atom is 0.673 e. The minimum atomic E-state index is -6.00. The van der Waals surface area contributed by atoms with Crippen molar-refractivity contribution >= 4 is 24.7 Å². The number of hydrogen-bond donors (Lipinski definition) is 1. The number of hydrogen-bond acceptors (Lipinski definition) is 2. The van der Waals surface area contributed by atoms with Gasteiger partial charge in [0.25, 0.3) is 0 Å². The number of thioether (sulfide) groups is 1. The van der Waals surface area contributed by atoms with Crippen molar-refractivity contribution in [2.75, 3.05) is 0 Å². The van der Waals surface area contributed by atoms with Gasteiger partial charge < -0.3 is 17.3 Å². The van der Waals surface area contributed by atoms with Crippen molar-refractivity contribution in [3.05, 3.63) is 34.7 Å². The SMILES string of the molecule is CCC1(N=[N+]=[N-])[NH2+]c2ccccc2S1.F[B-](F)(F)F. The summed E-state index contributed by atoms with van der Waals surface area (Å²) in [5, 5.41) is 5.92. The van der Waals surface area contributed by atoms with E-state index in [4.69, 9.17) is 5.53 Å². The lowest BCUT2D eigenvalue weighted by molar-refractivity contribution is -0.622. The molecule has 0 saturated carbocycles. The summed E-state index contributed by atoms with van der Waals surface area (Å²) < 4.78 is 39.0. The molecule has 0 aliphatic carbocycles. The fourth-order valence-corrected chi connectivity index (χ4v) is 2.71. The van der Waals surface area contributed by atoms with E-state index in [0.29, 0.717) is 0 Å². The van der Waals surface area contributed by atoms with Crippen molar-refractivity contribution in [2.24, 2.45) is 5.11 Å². The van der Waals surface area contributed by atoms with Gasteiger partial charge in [-0.05, 0) is 28.5 Å². The van der Waals surface area contributed by atoms with Gasteiger partial charge in [0.05, 0.1) is 4.90 Å². The molecule has 0 aromatic heterocycles. The first kappa shape index (κ1) is 15.7. The Morgan fingerprint density at radius 3 is 2.42 bits per heavy atom. The summed E-state index contributed by atoms with van der Waals surface area (Å²) in [6.07, 6.45) is 0.816. The van der Waals surface area contributed by atoms with E-state index < -0.39 is 12.2 Å². The maximum atomic E-state index is 9.75. The number of para-hydroxylation sites is 1. The number of benzene rings is 1. The summed E-state index contributed by atoms with van der Waals surface area (Å²) in [6.45, 7) is 2.03. The van der Waals surface area contributed by atoms with Crippen molar-refractivity contribution in [3.8, 4) is 0 Å². The zero-order chi connectivity index (χ0) is 14.5. The highest BCUT2D eigenvalue weighted by molar-refractivity contribution is 8.00. The van der Waals surface area contributed by atoms with E-state index in [1.54, 1.807) is 11.8 Å². The van der Waals surface area contributed by atoms with Crippen LogP contribution in [0.1, 0.15) is 13.3 Å². The Hall–Kier alpha value is -1.38. The molecule has 1 aromatic rings. The number of fused-ring (bicyclic) bond motifs is 1. The van der Waals surface area contributed by atoms with Gasteiger partial charge in [-0.15, -0.1) is 0 Å². The third-order valence-electron chi connectivity index (χ3n) is 2.31. The first-order valence-electron chi connectivity index (χ1n) is 5.37. The van der Waals surface area contributed by atoms with E-state index in [0.717, 1.165) is 6.42 Å². The van der Waals surface area contributed by atoms with Crippen LogP contribution in [-0.2, 0) is 0 Å². The van der Waals surface area contributed by atoms with Gasteiger partial charge in [-0.2, -0.15) is 0 Å². The predicted octanol–water partition coefficient (Wildman–Crippen LogP) is 3.66. The Kier molecular flexibility index (Phi) is 5.10. The van der Waals surface area contributed by atoms with Crippen LogP contribution in [0.3, 0.4) is 0 Å². The molecule has 1 aliphatic heterocycles. The van der Waals surface area contributed by atoms with Crippen molar-refractivity contribution in [3.63, 3.8) is 0 Å². The summed E-state index contributed by atoms with van der Waals surface area (Å²) in [7, 11) is -6.00. The standard InChI is InChI=1S/C9H10N4S.BF4/c1-2-9(12-13-10)11-7-5-3-4-6-8(7)14-9;2-1(3,4)5/h3-6,11H,2H2,1H3;/q;-1/p+1. The number of rotatable bonds is 2. The van der Waals surface area contributed by atoms with E-state index >= 15 is 0 Å². The van der Waals surface area contributed by atoms with Crippen LogP contribution in [0.25, 0.3) is 10.4 Å². The molecule has 0 radical (unpaired) electrons. The highest BCUT2D eigenvalue weighted by Crippen LogP contribution is 2.40. The number of azide groups is 1. The lowest BCUT2D eigenvalue weighted by atomic mass is 10.3.